The number of aromatic nitrogens is 2. The zero-order valence-corrected chi connectivity index (χ0v) is 20.0. The molecule has 0 atom stereocenters. The number of ether oxygens (including phenoxy) is 3. The SMILES string of the molecule is COc1cc(OC)cc(N(CCOSC)c2ccc3ncn(C4CCOCC4)c(=O)c3c2)c1. The van der Waals surface area contributed by atoms with Crippen LogP contribution in [0.25, 0.3) is 10.9 Å². The lowest BCUT2D eigenvalue weighted by Gasteiger charge is -2.26. The predicted octanol–water partition coefficient (Wildman–Crippen LogP) is 4.20. The number of hydrogen-bond donors (Lipinski definition) is 0. The summed E-state index contributed by atoms with van der Waals surface area (Å²) < 4.78 is 23.7. The van der Waals surface area contributed by atoms with Crippen LogP contribution in [-0.4, -0.2) is 56.4 Å². The second-order valence-corrected chi connectivity index (χ2v) is 8.28. The van der Waals surface area contributed by atoms with Gasteiger partial charge in [0.1, 0.15) is 11.5 Å². The topological polar surface area (TPSA) is 75.1 Å². The van der Waals surface area contributed by atoms with Crippen LogP contribution in [0.1, 0.15) is 18.9 Å². The van der Waals surface area contributed by atoms with Crippen molar-refractivity contribution in [3.63, 3.8) is 0 Å². The standard InChI is InChI=1S/C24H29N3O5S/c1-29-20-12-19(13-21(15-20)30-2)26(8-11-32-33-3)18-4-5-23-22(14-18)24(28)27(16-25-23)17-6-9-31-10-7-17/h4-5,12-17H,6-11H2,1-3H3. The van der Waals surface area contributed by atoms with Gasteiger partial charge in [-0.25, -0.2) is 4.98 Å². The van der Waals surface area contributed by atoms with Crippen LogP contribution in [0.2, 0.25) is 0 Å². The third-order valence-corrected chi connectivity index (χ3v) is 6.23. The molecule has 9 heteroatoms. The Morgan fingerprint density at radius 3 is 2.48 bits per heavy atom. The molecule has 0 spiro atoms. The fourth-order valence-electron chi connectivity index (χ4n) is 4.08. The summed E-state index contributed by atoms with van der Waals surface area (Å²) in [7, 11) is 3.25. The Morgan fingerprint density at radius 1 is 1.09 bits per heavy atom. The van der Waals surface area contributed by atoms with Gasteiger partial charge in [0, 0.05) is 61.6 Å². The maximum Gasteiger partial charge on any atom is 0.261 e. The van der Waals surface area contributed by atoms with Crippen molar-refractivity contribution < 1.29 is 18.4 Å². The van der Waals surface area contributed by atoms with E-state index in [9.17, 15) is 4.79 Å². The minimum Gasteiger partial charge on any atom is -0.497 e. The Balaban J connectivity index is 1.77. The number of methoxy groups -OCH3 is 2. The highest BCUT2D eigenvalue weighted by molar-refractivity contribution is 7.93. The van der Waals surface area contributed by atoms with Crippen LogP contribution in [0.5, 0.6) is 11.5 Å². The number of nitrogens with zero attached hydrogens (tertiary/aromatic N) is 3. The van der Waals surface area contributed by atoms with Gasteiger partial charge < -0.3 is 23.3 Å². The van der Waals surface area contributed by atoms with E-state index in [0.717, 1.165) is 24.2 Å². The van der Waals surface area contributed by atoms with Gasteiger partial charge in [-0.3, -0.25) is 9.36 Å². The van der Waals surface area contributed by atoms with E-state index in [4.69, 9.17) is 18.4 Å². The molecular weight excluding hydrogens is 442 g/mol. The van der Waals surface area contributed by atoms with E-state index in [1.807, 2.05) is 42.7 Å². The zero-order valence-electron chi connectivity index (χ0n) is 19.2. The molecule has 3 aromatic rings. The van der Waals surface area contributed by atoms with Gasteiger partial charge in [-0.05, 0) is 43.1 Å². The predicted molar refractivity (Wildman–Crippen MR) is 131 cm³/mol. The molecular formula is C24H29N3O5S. The van der Waals surface area contributed by atoms with E-state index < -0.39 is 0 Å². The highest BCUT2D eigenvalue weighted by Gasteiger charge is 2.19. The Labute approximate surface area is 197 Å². The Kier molecular flexibility index (Phi) is 7.74. The quantitative estimate of drug-likeness (QED) is 0.340. The minimum absolute atomic E-state index is 0.0303. The second kappa shape index (κ2) is 10.9. The Morgan fingerprint density at radius 2 is 1.82 bits per heavy atom. The smallest absolute Gasteiger partial charge is 0.261 e. The molecule has 2 heterocycles. The molecule has 0 saturated carbocycles. The molecule has 0 unspecified atom stereocenters. The highest BCUT2D eigenvalue weighted by atomic mass is 32.2. The van der Waals surface area contributed by atoms with Crippen molar-refractivity contribution in [2.45, 2.75) is 18.9 Å². The van der Waals surface area contributed by atoms with Crippen molar-refractivity contribution in [2.24, 2.45) is 0 Å². The van der Waals surface area contributed by atoms with Crippen LogP contribution in [0.4, 0.5) is 11.4 Å². The normalized spacial score (nSPS) is 14.4. The van der Waals surface area contributed by atoms with E-state index in [2.05, 4.69) is 9.88 Å². The number of hydrogen-bond acceptors (Lipinski definition) is 8. The fraction of sp³-hybridized carbons (Fsp3) is 0.417. The van der Waals surface area contributed by atoms with Gasteiger partial charge in [0.25, 0.3) is 5.56 Å². The molecule has 8 nitrogen and oxygen atoms in total. The molecule has 0 N–H and O–H groups in total. The Bertz CT molecular complexity index is 1120. The molecule has 0 radical (unpaired) electrons. The van der Waals surface area contributed by atoms with Crippen molar-refractivity contribution in [3.05, 3.63) is 53.1 Å². The molecule has 1 aliphatic rings. The summed E-state index contributed by atoms with van der Waals surface area (Å²) in [6.07, 6.45) is 5.18. The first-order valence-corrected chi connectivity index (χ1v) is 12.0. The molecule has 176 valence electrons. The molecule has 1 saturated heterocycles. The highest BCUT2D eigenvalue weighted by Crippen LogP contribution is 2.33. The van der Waals surface area contributed by atoms with Crippen molar-refractivity contribution in [3.8, 4) is 11.5 Å². The van der Waals surface area contributed by atoms with E-state index in [0.29, 0.717) is 48.8 Å². The summed E-state index contributed by atoms with van der Waals surface area (Å²) in [6.45, 7) is 2.40. The summed E-state index contributed by atoms with van der Waals surface area (Å²) in [6, 6.07) is 11.6. The summed E-state index contributed by atoms with van der Waals surface area (Å²) >= 11 is 1.32. The number of rotatable bonds is 9. The second-order valence-electron chi connectivity index (χ2n) is 7.71. The van der Waals surface area contributed by atoms with Crippen LogP contribution < -0.4 is 19.9 Å². The lowest BCUT2D eigenvalue weighted by molar-refractivity contribution is 0.0685. The van der Waals surface area contributed by atoms with Gasteiger partial charge in [0.05, 0.1) is 38.1 Å². The van der Waals surface area contributed by atoms with E-state index in [1.54, 1.807) is 25.1 Å². The molecule has 1 aromatic heterocycles. The lowest BCUT2D eigenvalue weighted by Crippen LogP contribution is -2.29. The fourth-order valence-corrected chi connectivity index (χ4v) is 4.32. The van der Waals surface area contributed by atoms with Crippen molar-refractivity contribution in [2.75, 3.05) is 51.7 Å². The van der Waals surface area contributed by atoms with Gasteiger partial charge in [-0.2, -0.15) is 0 Å². The van der Waals surface area contributed by atoms with Gasteiger partial charge >= 0.3 is 0 Å². The maximum absolute atomic E-state index is 13.4. The van der Waals surface area contributed by atoms with E-state index in [1.165, 1.54) is 12.0 Å². The average molecular weight is 472 g/mol. The Hall–Kier alpha value is -2.75. The van der Waals surface area contributed by atoms with Crippen LogP contribution >= 0.6 is 12.0 Å². The van der Waals surface area contributed by atoms with Crippen LogP contribution in [0, 0.1) is 0 Å². The molecule has 1 aliphatic heterocycles. The minimum atomic E-state index is -0.0303. The first-order valence-electron chi connectivity index (χ1n) is 10.9. The summed E-state index contributed by atoms with van der Waals surface area (Å²) in [5.74, 6) is 1.37. The van der Waals surface area contributed by atoms with Crippen LogP contribution in [0.3, 0.4) is 0 Å². The third-order valence-electron chi connectivity index (χ3n) is 5.83. The van der Waals surface area contributed by atoms with Crippen molar-refractivity contribution in [1.29, 1.82) is 0 Å². The maximum atomic E-state index is 13.4. The number of benzene rings is 2. The zero-order chi connectivity index (χ0) is 23.2. The van der Waals surface area contributed by atoms with Crippen molar-refractivity contribution >= 4 is 34.3 Å². The van der Waals surface area contributed by atoms with Gasteiger partial charge in [0.15, 0.2) is 0 Å². The van der Waals surface area contributed by atoms with Gasteiger partial charge in [0.2, 0.25) is 0 Å². The van der Waals surface area contributed by atoms with E-state index in [-0.39, 0.29) is 11.6 Å². The summed E-state index contributed by atoms with van der Waals surface area (Å²) in [5.41, 5.74) is 2.39. The van der Waals surface area contributed by atoms with Crippen LogP contribution in [0.15, 0.2) is 47.5 Å². The summed E-state index contributed by atoms with van der Waals surface area (Å²) in [5, 5.41) is 0.590. The molecule has 33 heavy (non-hydrogen) atoms. The molecule has 4 rings (SSSR count). The van der Waals surface area contributed by atoms with Gasteiger partial charge in [-0.1, -0.05) is 0 Å². The third kappa shape index (κ3) is 5.26. The molecule has 2 aromatic carbocycles. The number of fused-ring (bicyclic) bond motifs is 1. The first-order chi connectivity index (χ1) is 16.1. The number of anilines is 2. The monoisotopic (exact) mass is 471 g/mol. The molecule has 0 amide bonds. The molecule has 1 fully saturated rings. The van der Waals surface area contributed by atoms with Crippen molar-refractivity contribution in [1.82, 2.24) is 9.55 Å². The average Bonchev–Trinajstić information content (AvgIpc) is 2.87. The largest absolute Gasteiger partial charge is 0.497 e. The van der Waals surface area contributed by atoms with Gasteiger partial charge in [-0.15, -0.1) is 0 Å². The first kappa shape index (κ1) is 23.4. The molecule has 0 bridgehead atoms. The molecule has 0 aliphatic carbocycles. The lowest BCUT2D eigenvalue weighted by atomic mass is 10.1. The van der Waals surface area contributed by atoms with Crippen LogP contribution in [-0.2, 0) is 8.92 Å². The summed E-state index contributed by atoms with van der Waals surface area (Å²) in [4.78, 5) is 20.0. The van der Waals surface area contributed by atoms with E-state index >= 15 is 0 Å².